The first-order valence-corrected chi connectivity index (χ1v) is 9.13. The van der Waals surface area contributed by atoms with Crippen LogP contribution in [-0.2, 0) is 11.3 Å². The quantitative estimate of drug-likeness (QED) is 0.889. The molecule has 2 heterocycles. The van der Waals surface area contributed by atoms with Crippen molar-refractivity contribution in [3.63, 3.8) is 0 Å². The lowest BCUT2D eigenvalue weighted by Gasteiger charge is -2.35. The summed E-state index contributed by atoms with van der Waals surface area (Å²) in [6.07, 6.45) is 4.07. The normalized spacial score (nSPS) is 30.0. The number of ether oxygens (including phenoxy) is 1. The van der Waals surface area contributed by atoms with E-state index in [-0.39, 0.29) is 12.1 Å². The molecule has 0 bridgehead atoms. The minimum atomic E-state index is -0.0694. The van der Waals surface area contributed by atoms with Gasteiger partial charge in [-0.25, -0.2) is 4.79 Å². The summed E-state index contributed by atoms with van der Waals surface area (Å²) in [4.78, 5) is 14.7. The number of hydrogen-bond acceptors (Lipinski definition) is 3. The number of nitrogens with zero attached hydrogens (tertiary/aromatic N) is 1. The second-order valence-electron chi connectivity index (χ2n) is 7.56. The van der Waals surface area contributed by atoms with Crippen molar-refractivity contribution in [2.24, 2.45) is 5.92 Å². The lowest BCUT2D eigenvalue weighted by Crippen LogP contribution is -2.47. The zero-order chi connectivity index (χ0) is 16.5. The van der Waals surface area contributed by atoms with E-state index in [1.54, 1.807) is 0 Å². The van der Waals surface area contributed by atoms with Crippen molar-refractivity contribution in [3.8, 4) is 0 Å². The molecule has 2 amide bonds. The van der Waals surface area contributed by atoms with Crippen LogP contribution in [0.3, 0.4) is 0 Å². The number of aryl methyl sites for hydroxylation is 1. The number of morpholine rings is 1. The Kier molecular flexibility index (Phi) is 4.46. The van der Waals surface area contributed by atoms with Gasteiger partial charge in [-0.15, -0.1) is 0 Å². The highest BCUT2D eigenvalue weighted by atomic mass is 16.5. The molecule has 0 aromatic heterocycles. The van der Waals surface area contributed by atoms with Gasteiger partial charge < -0.3 is 15.4 Å². The number of carbonyl (C=O) groups is 1. The van der Waals surface area contributed by atoms with Crippen LogP contribution in [-0.4, -0.2) is 48.8 Å². The fourth-order valence-electron chi connectivity index (χ4n) is 3.88. The predicted molar refractivity (Wildman–Crippen MR) is 92.8 cm³/mol. The number of carbonyl (C=O) groups excluding carboxylic acids is 1. The molecule has 1 aromatic rings. The van der Waals surface area contributed by atoms with Crippen LogP contribution in [0.5, 0.6) is 0 Å². The molecule has 5 nitrogen and oxygen atoms in total. The summed E-state index contributed by atoms with van der Waals surface area (Å²) in [5, 5.41) is 6.09. The molecule has 2 N–H and O–H groups in total. The number of hydrogen-bond donors (Lipinski definition) is 2. The molecule has 5 heteroatoms. The SMILES string of the molecule is Cc1ccc(CNC(=O)N[C@H]2C[C@H]3CO[C@H](C4CC4)CN3C2)cc1. The summed E-state index contributed by atoms with van der Waals surface area (Å²) in [6.45, 7) is 5.45. The Labute approximate surface area is 143 Å². The number of amides is 2. The lowest BCUT2D eigenvalue weighted by molar-refractivity contribution is -0.0581. The lowest BCUT2D eigenvalue weighted by atomic mass is 10.1. The molecular weight excluding hydrogens is 302 g/mol. The summed E-state index contributed by atoms with van der Waals surface area (Å²) in [5.74, 6) is 0.788. The van der Waals surface area contributed by atoms with Gasteiger partial charge in [0.1, 0.15) is 0 Å². The number of rotatable bonds is 4. The number of benzene rings is 1. The van der Waals surface area contributed by atoms with E-state index >= 15 is 0 Å². The summed E-state index contributed by atoms with van der Waals surface area (Å²) in [6, 6.07) is 8.89. The maximum absolute atomic E-state index is 12.2. The van der Waals surface area contributed by atoms with E-state index in [9.17, 15) is 4.79 Å². The van der Waals surface area contributed by atoms with Gasteiger partial charge in [0, 0.05) is 31.7 Å². The largest absolute Gasteiger partial charge is 0.375 e. The van der Waals surface area contributed by atoms with E-state index in [1.807, 2.05) is 0 Å². The van der Waals surface area contributed by atoms with Crippen molar-refractivity contribution in [1.82, 2.24) is 15.5 Å². The fraction of sp³-hybridized carbons (Fsp3) is 0.632. The molecule has 0 radical (unpaired) electrons. The first-order chi connectivity index (χ1) is 11.7. The fourth-order valence-corrected chi connectivity index (χ4v) is 3.88. The van der Waals surface area contributed by atoms with Gasteiger partial charge in [-0.05, 0) is 37.7 Å². The first-order valence-electron chi connectivity index (χ1n) is 9.13. The Balaban J connectivity index is 1.22. The van der Waals surface area contributed by atoms with Crippen LogP contribution in [0.4, 0.5) is 4.79 Å². The highest BCUT2D eigenvalue weighted by Crippen LogP contribution is 2.37. The Hall–Kier alpha value is -1.59. The van der Waals surface area contributed by atoms with Crippen LogP contribution in [0.1, 0.15) is 30.4 Å². The van der Waals surface area contributed by atoms with Crippen molar-refractivity contribution < 1.29 is 9.53 Å². The zero-order valence-electron chi connectivity index (χ0n) is 14.3. The molecule has 130 valence electrons. The third-order valence-corrected chi connectivity index (χ3v) is 5.50. The summed E-state index contributed by atoms with van der Waals surface area (Å²) >= 11 is 0. The molecule has 2 saturated heterocycles. The Morgan fingerprint density at radius 1 is 1.25 bits per heavy atom. The van der Waals surface area contributed by atoms with Crippen molar-refractivity contribution >= 4 is 6.03 Å². The minimum absolute atomic E-state index is 0.0694. The molecule has 3 fully saturated rings. The van der Waals surface area contributed by atoms with Gasteiger partial charge in [0.15, 0.2) is 0 Å². The van der Waals surface area contributed by atoms with E-state index in [1.165, 1.54) is 18.4 Å². The van der Waals surface area contributed by atoms with Crippen LogP contribution in [0.25, 0.3) is 0 Å². The van der Waals surface area contributed by atoms with Crippen LogP contribution < -0.4 is 10.6 Å². The second kappa shape index (κ2) is 6.73. The van der Waals surface area contributed by atoms with E-state index in [0.29, 0.717) is 18.7 Å². The topological polar surface area (TPSA) is 53.6 Å². The average Bonchev–Trinajstić information content (AvgIpc) is 3.34. The van der Waals surface area contributed by atoms with Crippen molar-refractivity contribution in [2.75, 3.05) is 19.7 Å². The van der Waals surface area contributed by atoms with Crippen LogP contribution in [0, 0.1) is 12.8 Å². The van der Waals surface area contributed by atoms with Crippen LogP contribution in [0.2, 0.25) is 0 Å². The van der Waals surface area contributed by atoms with E-state index in [2.05, 4.69) is 46.7 Å². The minimum Gasteiger partial charge on any atom is -0.375 e. The predicted octanol–water partition coefficient (Wildman–Crippen LogP) is 2.05. The van der Waals surface area contributed by atoms with Crippen molar-refractivity contribution in [2.45, 2.75) is 50.9 Å². The number of fused-ring (bicyclic) bond motifs is 1. The Bertz CT molecular complexity index is 585. The van der Waals surface area contributed by atoms with E-state index < -0.39 is 0 Å². The van der Waals surface area contributed by atoms with E-state index in [4.69, 9.17) is 4.74 Å². The first kappa shape index (κ1) is 15.9. The molecule has 2 aliphatic heterocycles. The molecule has 3 aliphatic rings. The Morgan fingerprint density at radius 2 is 2.04 bits per heavy atom. The number of urea groups is 1. The summed E-state index contributed by atoms with van der Waals surface area (Å²) < 4.78 is 6.01. The standard InChI is InChI=1S/C19H27N3O2/c1-13-2-4-14(5-3-13)9-20-19(23)21-16-8-17-12-24-18(15-6-7-15)11-22(17)10-16/h2-5,15-18H,6-12H2,1H3,(H2,20,21,23)/t16-,17-,18-/m0/s1. The van der Waals surface area contributed by atoms with Gasteiger partial charge in [0.25, 0.3) is 0 Å². The third-order valence-electron chi connectivity index (χ3n) is 5.50. The molecule has 1 saturated carbocycles. The van der Waals surface area contributed by atoms with E-state index in [0.717, 1.165) is 37.6 Å². The Morgan fingerprint density at radius 3 is 2.79 bits per heavy atom. The monoisotopic (exact) mass is 329 g/mol. The van der Waals surface area contributed by atoms with Gasteiger partial charge in [-0.3, -0.25) is 4.90 Å². The highest BCUT2D eigenvalue weighted by Gasteiger charge is 2.42. The average molecular weight is 329 g/mol. The third kappa shape index (κ3) is 3.73. The molecule has 3 atom stereocenters. The van der Waals surface area contributed by atoms with Crippen molar-refractivity contribution in [3.05, 3.63) is 35.4 Å². The smallest absolute Gasteiger partial charge is 0.315 e. The summed E-state index contributed by atoms with van der Waals surface area (Å²) in [7, 11) is 0. The number of nitrogens with one attached hydrogen (secondary N) is 2. The molecule has 4 rings (SSSR count). The summed E-state index contributed by atoms with van der Waals surface area (Å²) in [5.41, 5.74) is 2.36. The molecular formula is C19H27N3O2. The molecule has 0 spiro atoms. The molecule has 24 heavy (non-hydrogen) atoms. The maximum atomic E-state index is 12.2. The van der Waals surface area contributed by atoms with Gasteiger partial charge in [-0.1, -0.05) is 29.8 Å². The molecule has 1 aromatic carbocycles. The van der Waals surface area contributed by atoms with Crippen LogP contribution in [0.15, 0.2) is 24.3 Å². The van der Waals surface area contributed by atoms with Gasteiger partial charge in [0.05, 0.1) is 12.7 Å². The second-order valence-corrected chi connectivity index (χ2v) is 7.56. The maximum Gasteiger partial charge on any atom is 0.315 e. The highest BCUT2D eigenvalue weighted by molar-refractivity contribution is 5.74. The van der Waals surface area contributed by atoms with Crippen molar-refractivity contribution in [1.29, 1.82) is 0 Å². The van der Waals surface area contributed by atoms with Gasteiger partial charge in [0.2, 0.25) is 0 Å². The molecule has 1 aliphatic carbocycles. The van der Waals surface area contributed by atoms with Crippen LogP contribution >= 0.6 is 0 Å². The van der Waals surface area contributed by atoms with Gasteiger partial charge in [-0.2, -0.15) is 0 Å². The zero-order valence-corrected chi connectivity index (χ0v) is 14.3. The molecule has 0 unspecified atom stereocenters. The van der Waals surface area contributed by atoms with Gasteiger partial charge >= 0.3 is 6.03 Å².